The van der Waals surface area contributed by atoms with Gasteiger partial charge in [-0.1, -0.05) is 17.7 Å². The molecule has 0 spiro atoms. The Hall–Kier alpha value is -2.34. The Labute approximate surface area is 113 Å². The molecule has 0 unspecified atom stereocenters. The summed E-state index contributed by atoms with van der Waals surface area (Å²) < 4.78 is 4.81. The smallest absolute Gasteiger partial charge is 0.395 e. The number of hydrogen-bond acceptors (Lipinski definition) is 4. The zero-order valence-electron chi connectivity index (χ0n) is 9.84. The Kier molecular flexibility index (Phi) is 3.52. The van der Waals surface area contributed by atoms with Crippen LogP contribution in [-0.2, 0) is 0 Å². The normalized spacial score (nSPS) is 10.2. The summed E-state index contributed by atoms with van der Waals surface area (Å²) in [6.45, 7) is 1.80. The maximum absolute atomic E-state index is 11.8. The quantitative estimate of drug-likeness (QED) is 0.689. The molecule has 2 rings (SSSR count). The minimum absolute atomic E-state index is 0.133. The maximum Gasteiger partial charge on any atom is 0.433 e. The fourth-order valence-electron chi connectivity index (χ4n) is 1.46. The number of amides is 1. The lowest BCUT2D eigenvalue weighted by molar-refractivity contribution is -0.402. The van der Waals surface area contributed by atoms with Crippen LogP contribution in [0.4, 0.5) is 11.6 Å². The fourth-order valence-corrected chi connectivity index (χ4v) is 1.63. The van der Waals surface area contributed by atoms with E-state index in [0.29, 0.717) is 10.7 Å². The van der Waals surface area contributed by atoms with E-state index in [4.69, 9.17) is 16.0 Å². The van der Waals surface area contributed by atoms with E-state index in [0.717, 1.165) is 11.6 Å². The van der Waals surface area contributed by atoms with Gasteiger partial charge in [0.25, 0.3) is 5.91 Å². The van der Waals surface area contributed by atoms with Crippen LogP contribution in [0.5, 0.6) is 0 Å². The van der Waals surface area contributed by atoms with Crippen LogP contribution in [0.15, 0.2) is 34.7 Å². The lowest BCUT2D eigenvalue weighted by Crippen LogP contribution is -2.11. The number of carbonyl (C=O) groups is 1. The Balaban J connectivity index is 2.20. The van der Waals surface area contributed by atoms with Crippen molar-refractivity contribution < 1.29 is 14.1 Å². The van der Waals surface area contributed by atoms with E-state index in [-0.39, 0.29) is 5.76 Å². The Morgan fingerprint density at radius 1 is 1.37 bits per heavy atom. The number of rotatable bonds is 3. The van der Waals surface area contributed by atoms with Crippen molar-refractivity contribution >= 4 is 29.1 Å². The summed E-state index contributed by atoms with van der Waals surface area (Å²) in [5.41, 5.74) is 1.34. The number of halogens is 1. The third kappa shape index (κ3) is 2.92. The molecule has 1 aromatic carbocycles. The molecule has 0 bridgehead atoms. The largest absolute Gasteiger partial charge is 0.433 e. The molecule has 98 valence electrons. The fraction of sp³-hybridized carbons (Fsp3) is 0.0833. The van der Waals surface area contributed by atoms with Crippen molar-refractivity contribution in [2.75, 3.05) is 5.32 Å². The molecule has 1 heterocycles. The molecule has 1 N–H and O–H groups in total. The van der Waals surface area contributed by atoms with Gasteiger partial charge in [0.15, 0.2) is 5.76 Å². The zero-order chi connectivity index (χ0) is 14.0. The van der Waals surface area contributed by atoms with E-state index in [1.54, 1.807) is 25.1 Å². The van der Waals surface area contributed by atoms with Crippen LogP contribution in [-0.4, -0.2) is 10.8 Å². The molecule has 2 aromatic rings. The number of furan rings is 1. The van der Waals surface area contributed by atoms with Gasteiger partial charge in [0.05, 0.1) is 6.07 Å². The van der Waals surface area contributed by atoms with Crippen LogP contribution in [0, 0.1) is 17.0 Å². The van der Waals surface area contributed by atoms with E-state index in [1.807, 2.05) is 0 Å². The van der Waals surface area contributed by atoms with Gasteiger partial charge in [-0.05, 0) is 30.7 Å². The first-order chi connectivity index (χ1) is 8.97. The molecule has 0 atom stereocenters. The number of aryl methyl sites for hydroxylation is 1. The summed E-state index contributed by atoms with van der Waals surface area (Å²) in [6.07, 6.45) is 0. The van der Waals surface area contributed by atoms with Gasteiger partial charge >= 0.3 is 5.88 Å². The monoisotopic (exact) mass is 280 g/mol. The molecule has 19 heavy (non-hydrogen) atoms. The van der Waals surface area contributed by atoms with Gasteiger partial charge < -0.3 is 9.73 Å². The van der Waals surface area contributed by atoms with Gasteiger partial charge in [0, 0.05) is 10.7 Å². The first kappa shape index (κ1) is 13.1. The molecule has 6 nitrogen and oxygen atoms in total. The molecule has 0 aliphatic rings. The molecule has 0 fully saturated rings. The van der Waals surface area contributed by atoms with Crippen LogP contribution < -0.4 is 5.32 Å². The van der Waals surface area contributed by atoms with Crippen molar-refractivity contribution in [3.8, 4) is 0 Å². The third-order valence-electron chi connectivity index (χ3n) is 2.44. The maximum atomic E-state index is 11.8. The van der Waals surface area contributed by atoms with E-state index in [2.05, 4.69) is 5.32 Å². The van der Waals surface area contributed by atoms with Crippen molar-refractivity contribution in [2.24, 2.45) is 0 Å². The molecule has 0 aliphatic heterocycles. The first-order valence-electron chi connectivity index (χ1n) is 5.29. The molecule has 1 amide bonds. The molecule has 0 radical (unpaired) electrons. The number of hydrogen-bond donors (Lipinski definition) is 1. The second-order valence-electron chi connectivity index (χ2n) is 3.81. The highest BCUT2D eigenvalue weighted by molar-refractivity contribution is 6.31. The zero-order valence-corrected chi connectivity index (χ0v) is 10.6. The molecule has 0 aliphatic carbocycles. The minimum Gasteiger partial charge on any atom is -0.395 e. The summed E-state index contributed by atoms with van der Waals surface area (Å²) in [5.74, 6) is -1.18. The Morgan fingerprint density at radius 2 is 2.11 bits per heavy atom. The highest BCUT2D eigenvalue weighted by Crippen LogP contribution is 2.22. The van der Waals surface area contributed by atoms with Gasteiger partial charge in [-0.15, -0.1) is 0 Å². The van der Waals surface area contributed by atoms with Crippen molar-refractivity contribution in [2.45, 2.75) is 6.92 Å². The lowest BCUT2D eigenvalue weighted by Gasteiger charge is -2.06. The average molecular weight is 281 g/mol. The summed E-state index contributed by atoms with van der Waals surface area (Å²) in [6, 6.07) is 7.41. The number of benzene rings is 1. The van der Waals surface area contributed by atoms with Gasteiger partial charge in [-0.3, -0.25) is 14.9 Å². The van der Waals surface area contributed by atoms with Crippen molar-refractivity contribution in [3.63, 3.8) is 0 Å². The molecule has 7 heteroatoms. The summed E-state index contributed by atoms with van der Waals surface area (Å²) in [7, 11) is 0. The topological polar surface area (TPSA) is 85.4 Å². The van der Waals surface area contributed by atoms with Gasteiger partial charge in [0.1, 0.15) is 4.92 Å². The molecule has 1 aromatic heterocycles. The molecule has 0 saturated carbocycles. The van der Waals surface area contributed by atoms with Crippen molar-refractivity contribution in [1.29, 1.82) is 0 Å². The van der Waals surface area contributed by atoms with Crippen LogP contribution in [0.2, 0.25) is 5.02 Å². The van der Waals surface area contributed by atoms with E-state index in [1.165, 1.54) is 6.07 Å². The van der Waals surface area contributed by atoms with Gasteiger partial charge in [-0.2, -0.15) is 0 Å². The second-order valence-corrected chi connectivity index (χ2v) is 4.24. The van der Waals surface area contributed by atoms with Crippen LogP contribution >= 0.6 is 11.6 Å². The van der Waals surface area contributed by atoms with Gasteiger partial charge in [0.2, 0.25) is 0 Å². The predicted octanol–water partition coefficient (Wildman–Crippen LogP) is 3.40. The Morgan fingerprint density at radius 3 is 2.74 bits per heavy atom. The van der Waals surface area contributed by atoms with Crippen LogP contribution in [0.3, 0.4) is 0 Å². The number of carbonyl (C=O) groups excluding carboxylic acids is 1. The highest BCUT2D eigenvalue weighted by atomic mass is 35.5. The number of nitrogens with one attached hydrogen (secondary N) is 1. The number of anilines is 1. The number of nitro groups is 1. The Bertz CT molecular complexity index is 651. The molecular formula is C12H9ClN2O4. The summed E-state index contributed by atoms with van der Waals surface area (Å²) in [4.78, 5) is 21.6. The molecule has 0 saturated heterocycles. The van der Waals surface area contributed by atoms with E-state index >= 15 is 0 Å². The average Bonchev–Trinajstić information content (AvgIpc) is 2.83. The van der Waals surface area contributed by atoms with Crippen LogP contribution in [0.1, 0.15) is 16.1 Å². The SMILES string of the molecule is Cc1ccc(Cl)cc1NC(=O)c1ccc([N+](=O)[O-])o1. The summed E-state index contributed by atoms with van der Waals surface area (Å²) in [5, 5.41) is 13.5. The van der Waals surface area contributed by atoms with Gasteiger partial charge in [-0.25, -0.2) is 0 Å². The molecular weight excluding hydrogens is 272 g/mol. The van der Waals surface area contributed by atoms with E-state index in [9.17, 15) is 14.9 Å². The summed E-state index contributed by atoms with van der Waals surface area (Å²) >= 11 is 5.83. The highest BCUT2D eigenvalue weighted by Gasteiger charge is 2.17. The lowest BCUT2D eigenvalue weighted by atomic mass is 10.2. The predicted molar refractivity (Wildman–Crippen MR) is 69.5 cm³/mol. The third-order valence-corrected chi connectivity index (χ3v) is 2.68. The van der Waals surface area contributed by atoms with Crippen molar-refractivity contribution in [3.05, 3.63) is 56.8 Å². The second kappa shape index (κ2) is 5.11. The number of nitrogens with zero attached hydrogens (tertiary/aromatic N) is 1. The standard InChI is InChI=1S/C12H9ClN2O4/c1-7-2-3-8(13)6-9(7)14-12(16)10-4-5-11(19-10)15(17)18/h2-6H,1H3,(H,14,16). The minimum atomic E-state index is -0.707. The van der Waals surface area contributed by atoms with E-state index < -0.39 is 16.7 Å². The van der Waals surface area contributed by atoms with Crippen LogP contribution in [0.25, 0.3) is 0 Å². The van der Waals surface area contributed by atoms with Crippen molar-refractivity contribution in [1.82, 2.24) is 0 Å². The first-order valence-corrected chi connectivity index (χ1v) is 5.67.